The van der Waals surface area contributed by atoms with Gasteiger partial charge in [-0.1, -0.05) is 60.7 Å². The maximum absolute atomic E-state index is 14.9. The first kappa shape index (κ1) is 28.8. The average Bonchev–Trinajstić information content (AvgIpc) is 2.88. The minimum atomic E-state index is -4.30. The van der Waals surface area contributed by atoms with Crippen molar-refractivity contribution in [3.05, 3.63) is 96.3 Å². The molecule has 3 aromatic rings. The number of hydrogen-bond donors (Lipinski definition) is 1. The monoisotopic (exact) mass is 539 g/mol. The number of rotatable bonds is 10. The van der Waals surface area contributed by atoms with E-state index in [1.807, 2.05) is 51.1 Å². The lowest BCUT2D eigenvalue weighted by Gasteiger charge is -2.33. The summed E-state index contributed by atoms with van der Waals surface area (Å²) in [4.78, 5) is 28.1. The zero-order chi connectivity index (χ0) is 27.9. The van der Waals surface area contributed by atoms with Crippen LogP contribution in [0.3, 0.4) is 0 Å². The van der Waals surface area contributed by atoms with Gasteiger partial charge in [0.25, 0.3) is 10.0 Å². The molecule has 0 radical (unpaired) electrons. The SMILES string of the molecule is C[C@@H](C(=O)NC(C)(C)C)N(CCc1ccccc1)C(=O)CN(c1ccccc1F)S(=O)(=O)c1ccccc1. The lowest BCUT2D eigenvalue weighted by atomic mass is 10.1. The van der Waals surface area contributed by atoms with Crippen LogP contribution in [0.25, 0.3) is 0 Å². The van der Waals surface area contributed by atoms with Gasteiger partial charge in [-0.05, 0) is 63.9 Å². The highest BCUT2D eigenvalue weighted by molar-refractivity contribution is 7.92. The summed E-state index contributed by atoms with van der Waals surface area (Å²) in [6.45, 7) is 6.58. The molecule has 0 aliphatic carbocycles. The van der Waals surface area contributed by atoms with E-state index in [2.05, 4.69) is 5.32 Å². The van der Waals surface area contributed by atoms with E-state index in [4.69, 9.17) is 0 Å². The Kier molecular flexibility index (Phi) is 9.27. The molecule has 0 unspecified atom stereocenters. The van der Waals surface area contributed by atoms with Crippen LogP contribution in [0.2, 0.25) is 0 Å². The van der Waals surface area contributed by atoms with Crippen LogP contribution in [0.15, 0.2) is 89.8 Å². The van der Waals surface area contributed by atoms with E-state index in [0.29, 0.717) is 6.42 Å². The summed E-state index contributed by atoms with van der Waals surface area (Å²) in [5, 5.41) is 2.88. The largest absolute Gasteiger partial charge is 0.350 e. The number of halogens is 1. The van der Waals surface area contributed by atoms with Crippen molar-refractivity contribution in [2.45, 2.75) is 50.6 Å². The van der Waals surface area contributed by atoms with Crippen LogP contribution in [0.4, 0.5) is 10.1 Å². The van der Waals surface area contributed by atoms with Crippen LogP contribution in [0.1, 0.15) is 33.3 Å². The van der Waals surface area contributed by atoms with Gasteiger partial charge in [-0.25, -0.2) is 12.8 Å². The molecular weight excluding hydrogens is 505 g/mol. The first-order valence-electron chi connectivity index (χ1n) is 12.4. The summed E-state index contributed by atoms with van der Waals surface area (Å²) in [6, 6.07) is 21.5. The molecule has 2 amide bonds. The number of carbonyl (C=O) groups is 2. The number of nitrogens with one attached hydrogen (secondary N) is 1. The molecule has 38 heavy (non-hydrogen) atoms. The molecule has 0 bridgehead atoms. The second-order valence-corrected chi connectivity index (χ2v) is 11.9. The Morgan fingerprint density at radius 2 is 1.45 bits per heavy atom. The molecule has 7 nitrogen and oxygen atoms in total. The number of nitrogens with zero attached hydrogens (tertiary/aromatic N) is 2. The first-order chi connectivity index (χ1) is 17.9. The van der Waals surface area contributed by atoms with Crippen LogP contribution in [-0.4, -0.2) is 49.8 Å². The predicted molar refractivity (Wildman–Crippen MR) is 147 cm³/mol. The summed E-state index contributed by atoms with van der Waals surface area (Å²) in [6.07, 6.45) is 0.449. The Morgan fingerprint density at radius 1 is 0.895 bits per heavy atom. The lowest BCUT2D eigenvalue weighted by molar-refractivity contribution is -0.139. The van der Waals surface area contributed by atoms with Gasteiger partial charge in [-0.15, -0.1) is 0 Å². The van der Waals surface area contributed by atoms with Gasteiger partial charge in [0, 0.05) is 12.1 Å². The molecule has 0 saturated carbocycles. The van der Waals surface area contributed by atoms with Gasteiger partial charge in [0.1, 0.15) is 18.4 Å². The molecule has 1 N–H and O–H groups in total. The second kappa shape index (κ2) is 12.2. The molecule has 9 heteroatoms. The van der Waals surface area contributed by atoms with E-state index in [1.54, 1.807) is 25.1 Å². The van der Waals surface area contributed by atoms with Gasteiger partial charge in [0.2, 0.25) is 11.8 Å². The highest BCUT2D eigenvalue weighted by Gasteiger charge is 2.34. The van der Waals surface area contributed by atoms with Crippen molar-refractivity contribution in [3.8, 4) is 0 Å². The number of sulfonamides is 1. The Hall–Kier alpha value is -3.72. The van der Waals surface area contributed by atoms with Crippen LogP contribution in [0.5, 0.6) is 0 Å². The fourth-order valence-electron chi connectivity index (χ4n) is 3.93. The number of amides is 2. The lowest BCUT2D eigenvalue weighted by Crippen LogP contribution is -2.55. The van der Waals surface area contributed by atoms with Gasteiger partial charge in [-0.2, -0.15) is 0 Å². The minimum Gasteiger partial charge on any atom is -0.350 e. The first-order valence-corrected chi connectivity index (χ1v) is 13.8. The molecule has 0 aliphatic heterocycles. The predicted octanol–water partition coefficient (Wildman–Crippen LogP) is 4.40. The molecule has 0 fully saturated rings. The summed E-state index contributed by atoms with van der Waals surface area (Å²) in [7, 11) is -4.30. The van der Waals surface area contributed by atoms with Crippen LogP contribution in [0, 0.1) is 5.82 Å². The van der Waals surface area contributed by atoms with Crippen molar-refractivity contribution in [1.29, 1.82) is 0 Å². The Balaban J connectivity index is 1.98. The molecule has 1 atom stereocenters. The molecule has 3 rings (SSSR count). The fraction of sp³-hybridized carbons (Fsp3) is 0.310. The number of hydrogen-bond acceptors (Lipinski definition) is 4. The highest BCUT2D eigenvalue weighted by Crippen LogP contribution is 2.26. The molecule has 0 aliphatic rings. The van der Waals surface area contributed by atoms with E-state index in [0.717, 1.165) is 15.9 Å². The van der Waals surface area contributed by atoms with Crippen LogP contribution in [-0.2, 0) is 26.0 Å². The van der Waals surface area contributed by atoms with E-state index in [9.17, 15) is 22.4 Å². The topological polar surface area (TPSA) is 86.8 Å². The van der Waals surface area contributed by atoms with Gasteiger partial charge in [0.15, 0.2) is 0 Å². The fourth-order valence-corrected chi connectivity index (χ4v) is 5.37. The van der Waals surface area contributed by atoms with E-state index >= 15 is 0 Å². The van der Waals surface area contributed by atoms with Crippen molar-refractivity contribution in [2.24, 2.45) is 0 Å². The van der Waals surface area contributed by atoms with Crippen molar-refractivity contribution in [2.75, 3.05) is 17.4 Å². The quantitative estimate of drug-likeness (QED) is 0.414. The summed E-state index contributed by atoms with van der Waals surface area (Å²) in [5.74, 6) is -1.78. The minimum absolute atomic E-state index is 0.0783. The van der Waals surface area contributed by atoms with Gasteiger partial charge >= 0.3 is 0 Å². The van der Waals surface area contributed by atoms with E-state index in [1.165, 1.54) is 35.2 Å². The average molecular weight is 540 g/mol. The Morgan fingerprint density at radius 3 is 2.03 bits per heavy atom. The van der Waals surface area contributed by atoms with Crippen LogP contribution >= 0.6 is 0 Å². The van der Waals surface area contributed by atoms with Crippen molar-refractivity contribution < 1.29 is 22.4 Å². The van der Waals surface area contributed by atoms with E-state index in [-0.39, 0.29) is 23.0 Å². The third-order valence-corrected chi connectivity index (χ3v) is 7.65. The normalized spacial score (nSPS) is 12.4. The smallest absolute Gasteiger partial charge is 0.264 e. The van der Waals surface area contributed by atoms with Crippen molar-refractivity contribution in [1.82, 2.24) is 10.2 Å². The number of carbonyl (C=O) groups excluding carboxylic acids is 2. The molecular formula is C29H34FN3O4S. The summed E-state index contributed by atoms with van der Waals surface area (Å²) in [5.41, 5.74) is 0.172. The van der Waals surface area contributed by atoms with Crippen molar-refractivity contribution in [3.63, 3.8) is 0 Å². The maximum atomic E-state index is 14.9. The molecule has 0 heterocycles. The molecule has 3 aromatic carbocycles. The standard InChI is InChI=1S/C29H34FN3O4S/c1-22(28(35)31-29(2,3)4)32(20-19-23-13-7-5-8-14-23)27(34)21-33(26-18-12-11-17-25(26)30)38(36,37)24-15-9-6-10-16-24/h5-18,22H,19-21H2,1-4H3,(H,31,35)/t22-/m0/s1. The Bertz CT molecular complexity index is 1340. The van der Waals surface area contributed by atoms with Gasteiger partial charge < -0.3 is 10.2 Å². The summed E-state index contributed by atoms with van der Waals surface area (Å²) >= 11 is 0. The highest BCUT2D eigenvalue weighted by atomic mass is 32.2. The van der Waals surface area contributed by atoms with Crippen LogP contribution < -0.4 is 9.62 Å². The maximum Gasteiger partial charge on any atom is 0.264 e. The number of benzene rings is 3. The van der Waals surface area contributed by atoms with Crippen molar-refractivity contribution >= 4 is 27.5 Å². The third kappa shape index (κ3) is 7.41. The molecule has 0 spiro atoms. The Labute approximate surface area is 224 Å². The second-order valence-electron chi connectivity index (χ2n) is 10.0. The van der Waals surface area contributed by atoms with Gasteiger partial charge in [-0.3, -0.25) is 13.9 Å². The third-order valence-electron chi connectivity index (χ3n) is 5.88. The summed E-state index contributed by atoms with van der Waals surface area (Å²) < 4.78 is 42.9. The molecule has 202 valence electrons. The van der Waals surface area contributed by atoms with E-state index < -0.39 is 39.9 Å². The molecule has 0 saturated heterocycles. The zero-order valence-electron chi connectivity index (χ0n) is 22.1. The van der Waals surface area contributed by atoms with Gasteiger partial charge in [0.05, 0.1) is 10.6 Å². The zero-order valence-corrected chi connectivity index (χ0v) is 22.9. The molecule has 0 aromatic heterocycles. The number of anilines is 1. The number of para-hydroxylation sites is 1.